The number of amides is 1. The van der Waals surface area contributed by atoms with E-state index in [-0.39, 0.29) is 5.91 Å². The number of hydrogen-bond donors (Lipinski definition) is 2. The van der Waals surface area contributed by atoms with Crippen molar-refractivity contribution in [3.8, 4) is 11.3 Å². The van der Waals surface area contributed by atoms with Gasteiger partial charge in [0.15, 0.2) is 0 Å². The minimum atomic E-state index is -0.0921. The first-order valence-electron chi connectivity index (χ1n) is 11.7. The first kappa shape index (κ1) is 20.8. The Morgan fingerprint density at radius 2 is 1.81 bits per heavy atom. The van der Waals surface area contributed by atoms with E-state index in [4.69, 9.17) is 0 Å². The monoisotopic (exact) mass is 429 g/mol. The van der Waals surface area contributed by atoms with E-state index in [0.29, 0.717) is 11.6 Å². The molecule has 6 nitrogen and oxygen atoms in total. The summed E-state index contributed by atoms with van der Waals surface area (Å²) in [6.07, 6.45) is 3.31. The van der Waals surface area contributed by atoms with Gasteiger partial charge in [-0.1, -0.05) is 12.1 Å². The summed E-state index contributed by atoms with van der Waals surface area (Å²) >= 11 is 0. The van der Waals surface area contributed by atoms with Crippen molar-refractivity contribution >= 4 is 17.3 Å². The molecule has 1 amide bonds. The van der Waals surface area contributed by atoms with Crippen LogP contribution in [0.1, 0.15) is 41.9 Å². The second kappa shape index (κ2) is 8.79. The average molecular weight is 430 g/mol. The molecule has 0 unspecified atom stereocenters. The number of nitrogens with zero attached hydrogens (tertiary/aromatic N) is 3. The van der Waals surface area contributed by atoms with Crippen LogP contribution < -0.4 is 10.2 Å². The molecule has 2 aliphatic rings. The normalized spacial score (nSPS) is 16.4. The molecular formula is C26H31N5O. The van der Waals surface area contributed by atoms with Crippen LogP contribution in [0.2, 0.25) is 0 Å². The number of carbonyl (C=O) groups is 1. The highest BCUT2D eigenvalue weighted by Gasteiger charge is 2.21. The van der Waals surface area contributed by atoms with Crippen molar-refractivity contribution in [2.75, 3.05) is 36.4 Å². The Bertz CT molecular complexity index is 1090. The summed E-state index contributed by atoms with van der Waals surface area (Å²) in [5.41, 5.74) is 7.25. The van der Waals surface area contributed by atoms with Crippen LogP contribution in [0, 0.1) is 0 Å². The fourth-order valence-electron chi connectivity index (χ4n) is 4.83. The van der Waals surface area contributed by atoms with E-state index in [1.165, 1.54) is 23.4 Å². The molecular weight excluding hydrogens is 398 g/mol. The van der Waals surface area contributed by atoms with Gasteiger partial charge in [0.1, 0.15) is 0 Å². The third-order valence-electron chi connectivity index (χ3n) is 6.74. The molecule has 2 heterocycles. The lowest BCUT2D eigenvalue weighted by atomic mass is 10.1. The number of carbonyl (C=O) groups excluding carboxylic acids is 1. The molecule has 1 aliphatic carbocycles. The van der Waals surface area contributed by atoms with Gasteiger partial charge in [0, 0.05) is 66.0 Å². The summed E-state index contributed by atoms with van der Waals surface area (Å²) in [5.74, 6) is -0.0921. The standard InChI is InChI=1S/C26H31N5O/c1-18(2)30-13-15-31(16-14-30)22-11-9-19(10-12-22)26(32)27-21-6-3-5-20(17-21)25-23-7-4-8-24(23)28-29-25/h3,5-6,9-12,17-18H,4,7-8,13-16H2,1-2H3,(H,27,32)(H,28,29). The molecule has 32 heavy (non-hydrogen) atoms. The van der Waals surface area contributed by atoms with Crippen molar-refractivity contribution in [3.05, 3.63) is 65.4 Å². The maximum atomic E-state index is 12.9. The van der Waals surface area contributed by atoms with Crippen LogP contribution in [0.25, 0.3) is 11.3 Å². The van der Waals surface area contributed by atoms with Gasteiger partial charge >= 0.3 is 0 Å². The van der Waals surface area contributed by atoms with E-state index < -0.39 is 0 Å². The molecule has 2 N–H and O–H groups in total. The van der Waals surface area contributed by atoms with Crippen molar-refractivity contribution in [1.29, 1.82) is 0 Å². The lowest BCUT2D eigenvalue weighted by molar-refractivity contribution is 0.102. The molecule has 0 bridgehead atoms. The lowest BCUT2D eigenvalue weighted by Crippen LogP contribution is -2.48. The van der Waals surface area contributed by atoms with E-state index in [9.17, 15) is 4.79 Å². The highest BCUT2D eigenvalue weighted by atomic mass is 16.1. The number of anilines is 2. The summed E-state index contributed by atoms with van der Waals surface area (Å²) in [4.78, 5) is 17.8. The van der Waals surface area contributed by atoms with Gasteiger partial charge in [-0.2, -0.15) is 5.10 Å². The number of hydrogen-bond acceptors (Lipinski definition) is 4. The number of rotatable bonds is 5. The van der Waals surface area contributed by atoms with Crippen LogP contribution in [0.4, 0.5) is 11.4 Å². The molecule has 1 saturated heterocycles. The van der Waals surface area contributed by atoms with Gasteiger partial charge in [0.05, 0.1) is 5.69 Å². The van der Waals surface area contributed by atoms with Crippen LogP contribution in [0.5, 0.6) is 0 Å². The molecule has 1 fully saturated rings. The second-order valence-electron chi connectivity index (χ2n) is 9.08. The lowest BCUT2D eigenvalue weighted by Gasteiger charge is -2.38. The summed E-state index contributed by atoms with van der Waals surface area (Å²) in [5, 5.41) is 10.7. The number of benzene rings is 2. The zero-order valence-electron chi connectivity index (χ0n) is 18.9. The molecule has 0 saturated carbocycles. The molecule has 1 aromatic heterocycles. The van der Waals surface area contributed by atoms with Gasteiger partial charge in [-0.25, -0.2) is 0 Å². The Morgan fingerprint density at radius 3 is 2.56 bits per heavy atom. The number of piperazine rings is 1. The van der Waals surface area contributed by atoms with Gasteiger partial charge in [-0.3, -0.25) is 14.8 Å². The zero-order valence-corrected chi connectivity index (χ0v) is 18.9. The number of aromatic amines is 1. The number of aromatic nitrogens is 2. The average Bonchev–Trinajstić information content (AvgIpc) is 3.43. The number of H-pyrrole nitrogens is 1. The first-order chi connectivity index (χ1) is 15.6. The van der Waals surface area contributed by atoms with Crippen LogP contribution in [0.15, 0.2) is 48.5 Å². The molecule has 0 spiro atoms. The topological polar surface area (TPSA) is 64.3 Å². The molecule has 3 aromatic rings. The molecule has 5 rings (SSSR count). The second-order valence-corrected chi connectivity index (χ2v) is 9.08. The van der Waals surface area contributed by atoms with Gasteiger partial charge in [0.2, 0.25) is 0 Å². The SMILES string of the molecule is CC(C)N1CCN(c2ccc(C(=O)Nc3cccc(-c4n[nH]c5c4CCC5)c3)cc2)CC1. The fourth-order valence-corrected chi connectivity index (χ4v) is 4.83. The van der Waals surface area contributed by atoms with E-state index in [0.717, 1.165) is 56.0 Å². The highest BCUT2D eigenvalue weighted by Crippen LogP contribution is 2.31. The Labute approximate surface area is 189 Å². The minimum Gasteiger partial charge on any atom is -0.369 e. The predicted octanol–water partition coefficient (Wildman–Crippen LogP) is 4.35. The van der Waals surface area contributed by atoms with Gasteiger partial charge in [0.25, 0.3) is 5.91 Å². The third-order valence-corrected chi connectivity index (χ3v) is 6.74. The van der Waals surface area contributed by atoms with Crippen molar-refractivity contribution in [2.24, 2.45) is 0 Å². The minimum absolute atomic E-state index is 0.0921. The van der Waals surface area contributed by atoms with Crippen LogP contribution in [-0.4, -0.2) is 53.2 Å². The predicted molar refractivity (Wildman–Crippen MR) is 129 cm³/mol. The Balaban J connectivity index is 1.25. The maximum absolute atomic E-state index is 12.9. The smallest absolute Gasteiger partial charge is 0.255 e. The van der Waals surface area contributed by atoms with Crippen LogP contribution in [-0.2, 0) is 12.8 Å². The van der Waals surface area contributed by atoms with E-state index in [2.05, 4.69) is 57.4 Å². The Morgan fingerprint density at radius 1 is 1.03 bits per heavy atom. The summed E-state index contributed by atoms with van der Waals surface area (Å²) in [7, 11) is 0. The van der Waals surface area contributed by atoms with Crippen molar-refractivity contribution < 1.29 is 4.79 Å². The fraction of sp³-hybridized carbons (Fsp3) is 0.385. The number of aryl methyl sites for hydroxylation is 1. The third kappa shape index (κ3) is 4.15. The molecule has 6 heteroatoms. The Hall–Kier alpha value is -3.12. The van der Waals surface area contributed by atoms with Crippen molar-refractivity contribution in [2.45, 2.75) is 39.2 Å². The number of nitrogens with one attached hydrogen (secondary N) is 2. The molecule has 166 valence electrons. The van der Waals surface area contributed by atoms with Crippen LogP contribution in [0.3, 0.4) is 0 Å². The largest absolute Gasteiger partial charge is 0.369 e. The van der Waals surface area contributed by atoms with E-state index in [1.54, 1.807) is 0 Å². The summed E-state index contributed by atoms with van der Waals surface area (Å²) in [6, 6.07) is 16.5. The zero-order chi connectivity index (χ0) is 22.1. The first-order valence-corrected chi connectivity index (χ1v) is 11.7. The quantitative estimate of drug-likeness (QED) is 0.633. The Kier molecular flexibility index (Phi) is 5.70. The van der Waals surface area contributed by atoms with Gasteiger partial charge in [-0.15, -0.1) is 0 Å². The van der Waals surface area contributed by atoms with Crippen molar-refractivity contribution in [3.63, 3.8) is 0 Å². The maximum Gasteiger partial charge on any atom is 0.255 e. The van der Waals surface area contributed by atoms with Gasteiger partial charge in [-0.05, 0) is 69.5 Å². The van der Waals surface area contributed by atoms with E-state index in [1.807, 2.05) is 30.3 Å². The summed E-state index contributed by atoms with van der Waals surface area (Å²) in [6.45, 7) is 8.70. The molecule has 0 radical (unpaired) electrons. The number of fused-ring (bicyclic) bond motifs is 1. The highest BCUT2D eigenvalue weighted by molar-refractivity contribution is 6.04. The molecule has 1 aliphatic heterocycles. The van der Waals surface area contributed by atoms with Gasteiger partial charge < -0.3 is 10.2 Å². The van der Waals surface area contributed by atoms with E-state index >= 15 is 0 Å². The molecule has 0 atom stereocenters. The summed E-state index contributed by atoms with van der Waals surface area (Å²) < 4.78 is 0. The van der Waals surface area contributed by atoms with Crippen LogP contribution >= 0.6 is 0 Å². The van der Waals surface area contributed by atoms with Crippen molar-refractivity contribution in [1.82, 2.24) is 15.1 Å². The molecule has 2 aromatic carbocycles.